The first-order chi connectivity index (χ1) is 9.54. The van der Waals surface area contributed by atoms with Crippen LogP contribution in [0.2, 0.25) is 0 Å². The molecule has 2 nitrogen and oxygen atoms in total. The van der Waals surface area contributed by atoms with E-state index in [-0.39, 0.29) is 11.6 Å². The van der Waals surface area contributed by atoms with Crippen LogP contribution in [0.3, 0.4) is 0 Å². The average molecular weight is 366 g/mol. The predicted octanol–water partition coefficient (Wildman–Crippen LogP) is 5.25. The van der Waals surface area contributed by atoms with Crippen molar-refractivity contribution in [3.63, 3.8) is 0 Å². The van der Waals surface area contributed by atoms with Gasteiger partial charge in [0.15, 0.2) is 0 Å². The maximum atomic E-state index is 13.1. The van der Waals surface area contributed by atoms with Gasteiger partial charge in [-0.2, -0.15) is 8.78 Å². The molecule has 0 spiro atoms. The van der Waals surface area contributed by atoms with Gasteiger partial charge in [-0.15, -0.1) is 0 Å². The molecule has 1 N–H and O–H groups in total. The van der Waals surface area contributed by atoms with E-state index in [1.165, 1.54) is 6.07 Å². The van der Waals surface area contributed by atoms with Crippen molar-refractivity contribution in [2.45, 2.75) is 18.1 Å². The summed E-state index contributed by atoms with van der Waals surface area (Å²) >= 11 is 3.62. The highest BCUT2D eigenvalue weighted by atomic mass is 79.9. The number of hydrogen-bond donors (Lipinski definition) is 1. The molecule has 0 aliphatic heterocycles. The number of anilines is 1. The van der Waals surface area contributed by atoms with E-state index in [4.69, 9.17) is 4.42 Å². The minimum Gasteiger partial charge on any atom is -0.463 e. The van der Waals surface area contributed by atoms with E-state index in [1.54, 1.807) is 24.3 Å². The standard InChI is InChI=1S/C13H11BrF3NOS/c14-11-5-8(1-4-12(11)15)18-6-9-2-3-10(19-9)7-20-13(16)17/h1-5,13,18H,6-7H2. The number of rotatable bonds is 6. The lowest BCUT2D eigenvalue weighted by Gasteiger charge is -2.05. The second-order valence-corrected chi connectivity index (χ2v) is 5.75. The van der Waals surface area contributed by atoms with Gasteiger partial charge < -0.3 is 9.73 Å². The van der Waals surface area contributed by atoms with Crippen LogP contribution >= 0.6 is 27.7 Å². The Balaban J connectivity index is 1.89. The highest BCUT2D eigenvalue weighted by molar-refractivity contribution is 9.10. The number of benzene rings is 1. The van der Waals surface area contributed by atoms with Gasteiger partial charge in [-0.25, -0.2) is 4.39 Å². The van der Waals surface area contributed by atoms with E-state index < -0.39 is 5.76 Å². The lowest BCUT2D eigenvalue weighted by Crippen LogP contribution is -1.98. The van der Waals surface area contributed by atoms with E-state index in [0.29, 0.717) is 34.3 Å². The zero-order chi connectivity index (χ0) is 14.5. The van der Waals surface area contributed by atoms with Gasteiger partial charge in [0.1, 0.15) is 17.3 Å². The highest BCUT2D eigenvalue weighted by Gasteiger charge is 2.07. The molecule has 2 rings (SSSR count). The Hall–Kier alpha value is -1.08. The molecule has 0 aliphatic carbocycles. The molecule has 1 aromatic carbocycles. The molecule has 0 bridgehead atoms. The van der Waals surface area contributed by atoms with Gasteiger partial charge in [0, 0.05) is 5.69 Å². The minimum atomic E-state index is -2.40. The SMILES string of the molecule is Fc1ccc(NCc2ccc(CSC(F)F)o2)cc1Br. The van der Waals surface area contributed by atoms with Crippen molar-refractivity contribution in [1.82, 2.24) is 0 Å². The van der Waals surface area contributed by atoms with Gasteiger partial charge in [0.05, 0.1) is 16.8 Å². The largest absolute Gasteiger partial charge is 0.463 e. The summed E-state index contributed by atoms with van der Waals surface area (Å²) in [6.07, 6.45) is 0. The van der Waals surface area contributed by atoms with Crippen molar-refractivity contribution in [1.29, 1.82) is 0 Å². The number of furan rings is 1. The first-order valence-corrected chi connectivity index (χ1v) is 7.55. The second kappa shape index (κ2) is 7.08. The molecule has 1 heterocycles. The quantitative estimate of drug-likeness (QED) is 0.756. The van der Waals surface area contributed by atoms with E-state index in [0.717, 1.165) is 5.69 Å². The molecule has 0 amide bonds. The van der Waals surface area contributed by atoms with Crippen LogP contribution in [0, 0.1) is 5.82 Å². The third-order valence-corrected chi connectivity index (χ3v) is 3.77. The summed E-state index contributed by atoms with van der Waals surface area (Å²) in [6.45, 7) is 0.400. The van der Waals surface area contributed by atoms with Crippen LogP contribution in [0.1, 0.15) is 11.5 Å². The molecular formula is C13H11BrF3NOS. The predicted molar refractivity (Wildman–Crippen MR) is 77.4 cm³/mol. The van der Waals surface area contributed by atoms with Crippen LogP contribution in [-0.4, -0.2) is 5.76 Å². The van der Waals surface area contributed by atoms with E-state index >= 15 is 0 Å². The molecule has 20 heavy (non-hydrogen) atoms. The van der Waals surface area contributed by atoms with Crippen molar-refractivity contribution in [3.05, 3.63) is 52.1 Å². The molecule has 0 radical (unpaired) electrons. The summed E-state index contributed by atoms with van der Waals surface area (Å²) in [5, 5.41) is 3.06. The maximum absolute atomic E-state index is 13.1. The molecule has 0 aliphatic rings. The fourth-order valence-corrected chi connectivity index (χ4v) is 2.36. The normalized spacial score (nSPS) is 11.1. The summed E-state index contributed by atoms with van der Waals surface area (Å²) in [6, 6.07) is 7.97. The van der Waals surface area contributed by atoms with Gasteiger partial charge in [0.25, 0.3) is 5.76 Å². The zero-order valence-corrected chi connectivity index (χ0v) is 12.6. The zero-order valence-electron chi connectivity index (χ0n) is 10.2. The third kappa shape index (κ3) is 4.49. The smallest absolute Gasteiger partial charge is 0.284 e. The van der Waals surface area contributed by atoms with Crippen LogP contribution in [0.25, 0.3) is 0 Å². The lowest BCUT2D eigenvalue weighted by molar-refractivity contribution is 0.251. The topological polar surface area (TPSA) is 25.2 Å². The summed E-state index contributed by atoms with van der Waals surface area (Å²) in [5.74, 6) is -1.46. The first-order valence-electron chi connectivity index (χ1n) is 5.71. The summed E-state index contributed by atoms with van der Waals surface area (Å²) < 4.78 is 42.9. The van der Waals surface area contributed by atoms with Crippen LogP contribution in [0.5, 0.6) is 0 Å². The number of thioether (sulfide) groups is 1. The Bertz CT molecular complexity index is 576. The van der Waals surface area contributed by atoms with Crippen molar-refractivity contribution in [3.8, 4) is 0 Å². The van der Waals surface area contributed by atoms with Gasteiger partial charge >= 0.3 is 0 Å². The van der Waals surface area contributed by atoms with Gasteiger partial charge in [0.2, 0.25) is 0 Å². The summed E-state index contributed by atoms with van der Waals surface area (Å²) in [7, 11) is 0. The minimum absolute atomic E-state index is 0.139. The highest BCUT2D eigenvalue weighted by Crippen LogP contribution is 2.23. The molecule has 108 valence electrons. The maximum Gasteiger partial charge on any atom is 0.284 e. The van der Waals surface area contributed by atoms with Crippen molar-refractivity contribution in [2.75, 3.05) is 5.32 Å². The Morgan fingerprint density at radius 1 is 1.20 bits per heavy atom. The Labute approximate surface area is 126 Å². The first kappa shape index (κ1) is 15.3. The molecule has 2 aromatic rings. The number of hydrogen-bond acceptors (Lipinski definition) is 3. The van der Waals surface area contributed by atoms with Crippen LogP contribution in [0.15, 0.2) is 39.2 Å². The number of nitrogens with one attached hydrogen (secondary N) is 1. The Morgan fingerprint density at radius 2 is 1.95 bits per heavy atom. The van der Waals surface area contributed by atoms with Crippen LogP contribution in [-0.2, 0) is 12.3 Å². The lowest BCUT2D eigenvalue weighted by atomic mass is 10.3. The fourth-order valence-electron chi connectivity index (χ4n) is 1.54. The van der Waals surface area contributed by atoms with Crippen molar-refractivity contribution < 1.29 is 17.6 Å². The molecule has 0 saturated carbocycles. The third-order valence-electron chi connectivity index (χ3n) is 2.46. The van der Waals surface area contributed by atoms with Crippen molar-refractivity contribution in [2.24, 2.45) is 0 Å². The molecule has 0 atom stereocenters. The molecular weight excluding hydrogens is 355 g/mol. The molecule has 0 fully saturated rings. The average Bonchev–Trinajstić information content (AvgIpc) is 2.86. The van der Waals surface area contributed by atoms with E-state index in [2.05, 4.69) is 21.2 Å². The molecule has 1 aromatic heterocycles. The number of halogens is 4. The van der Waals surface area contributed by atoms with E-state index in [1.807, 2.05) is 0 Å². The Kier molecular flexibility index (Phi) is 5.42. The molecule has 0 unspecified atom stereocenters. The van der Waals surface area contributed by atoms with Gasteiger partial charge in [-0.05, 0) is 46.3 Å². The summed E-state index contributed by atoms with van der Waals surface area (Å²) in [5.41, 5.74) is 0.734. The fraction of sp³-hybridized carbons (Fsp3) is 0.231. The second-order valence-electron chi connectivity index (χ2n) is 3.92. The van der Waals surface area contributed by atoms with Crippen molar-refractivity contribution >= 4 is 33.4 Å². The monoisotopic (exact) mass is 365 g/mol. The van der Waals surface area contributed by atoms with E-state index in [9.17, 15) is 13.2 Å². The van der Waals surface area contributed by atoms with Crippen LogP contribution in [0.4, 0.5) is 18.9 Å². The number of alkyl halides is 2. The van der Waals surface area contributed by atoms with Gasteiger partial charge in [-0.1, -0.05) is 11.8 Å². The van der Waals surface area contributed by atoms with Crippen LogP contribution < -0.4 is 5.32 Å². The summed E-state index contributed by atoms with van der Waals surface area (Å²) in [4.78, 5) is 0. The van der Waals surface area contributed by atoms with Gasteiger partial charge in [-0.3, -0.25) is 0 Å². The molecule has 7 heteroatoms. The molecule has 0 saturated heterocycles. The Morgan fingerprint density at radius 3 is 2.65 bits per heavy atom.